The Morgan fingerprint density at radius 2 is 2.00 bits per heavy atom. The maximum atomic E-state index is 14.0. The maximum Gasteiger partial charge on any atom is 0.356 e. The van der Waals surface area contributed by atoms with E-state index in [9.17, 15) is 24.2 Å². The predicted molar refractivity (Wildman–Crippen MR) is 74.0 cm³/mol. The highest BCUT2D eigenvalue weighted by atomic mass is 19.1. The van der Waals surface area contributed by atoms with Gasteiger partial charge in [0.25, 0.3) is 0 Å². The number of hydrogen-bond acceptors (Lipinski definition) is 3. The molecule has 114 valence electrons. The number of rotatable bonds is 3. The number of carboxylic acids is 2. The average Bonchev–Trinajstić information content (AvgIpc) is 2.86. The summed E-state index contributed by atoms with van der Waals surface area (Å²) in [6, 6.07) is 5.91. The third kappa shape index (κ3) is 2.24. The van der Waals surface area contributed by atoms with Crippen LogP contribution in [0, 0.1) is 11.7 Å². The van der Waals surface area contributed by atoms with Crippen LogP contribution in [0.3, 0.4) is 0 Å². The second-order valence-corrected chi connectivity index (χ2v) is 5.20. The molecule has 0 saturated heterocycles. The molecule has 2 N–H and O–H groups in total. The van der Waals surface area contributed by atoms with E-state index in [2.05, 4.69) is 4.98 Å². The van der Waals surface area contributed by atoms with Crippen molar-refractivity contribution in [2.45, 2.75) is 19.4 Å². The Labute approximate surface area is 124 Å². The molecule has 0 radical (unpaired) electrons. The summed E-state index contributed by atoms with van der Waals surface area (Å²) in [5.41, 5.74) is 0.479. The van der Waals surface area contributed by atoms with E-state index in [0.29, 0.717) is 18.5 Å². The highest BCUT2D eigenvalue weighted by Gasteiger charge is 2.31. The van der Waals surface area contributed by atoms with Crippen molar-refractivity contribution >= 4 is 11.9 Å². The highest BCUT2D eigenvalue weighted by Crippen LogP contribution is 2.31. The third-order valence-electron chi connectivity index (χ3n) is 3.87. The van der Waals surface area contributed by atoms with Crippen molar-refractivity contribution in [3.63, 3.8) is 0 Å². The summed E-state index contributed by atoms with van der Waals surface area (Å²) in [6.45, 7) is 0.0919. The van der Waals surface area contributed by atoms with E-state index < -0.39 is 23.7 Å². The van der Waals surface area contributed by atoms with Gasteiger partial charge in [-0.3, -0.25) is 4.79 Å². The summed E-state index contributed by atoms with van der Waals surface area (Å²) in [5, 5.41) is 18.4. The lowest BCUT2D eigenvalue weighted by Gasteiger charge is -2.22. The zero-order chi connectivity index (χ0) is 15.9. The number of aromatic nitrogens is 2. The van der Waals surface area contributed by atoms with Crippen LogP contribution >= 0.6 is 0 Å². The molecule has 2 heterocycles. The van der Waals surface area contributed by atoms with Crippen molar-refractivity contribution in [3.8, 4) is 11.4 Å². The molecular weight excluding hydrogens is 291 g/mol. The molecule has 0 bridgehead atoms. The molecule has 0 spiro atoms. The van der Waals surface area contributed by atoms with Gasteiger partial charge in [-0.2, -0.15) is 0 Å². The van der Waals surface area contributed by atoms with Gasteiger partial charge in [0.2, 0.25) is 0 Å². The van der Waals surface area contributed by atoms with Crippen LogP contribution in [-0.2, 0) is 17.8 Å². The highest BCUT2D eigenvalue weighted by molar-refractivity contribution is 5.88. The van der Waals surface area contributed by atoms with Crippen LogP contribution in [0.2, 0.25) is 0 Å². The molecule has 0 fully saturated rings. The van der Waals surface area contributed by atoms with Crippen molar-refractivity contribution in [1.82, 2.24) is 9.55 Å². The molecule has 2 aromatic rings. The Morgan fingerprint density at radius 1 is 1.27 bits per heavy atom. The number of carbonyl (C=O) groups is 2. The molecule has 1 atom stereocenters. The molecule has 6 nitrogen and oxygen atoms in total. The first-order valence-electron chi connectivity index (χ1n) is 6.79. The minimum Gasteiger partial charge on any atom is -0.481 e. The molecule has 1 unspecified atom stereocenters. The first kappa shape index (κ1) is 14.2. The normalized spacial score (nSPS) is 17.0. The second-order valence-electron chi connectivity index (χ2n) is 5.20. The van der Waals surface area contributed by atoms with Gasteiger partial charge >= 0.3 is 11.9 Å². The van der Waals surface area contributed by atoms with Crippen LogP contribution in [0.25, 0.3) is 11.4 Å². The molecule has 0 aliphatic carbocycles. The summed E-state index contributed by atoms with van der Waals surface area (Å²) in [6.07, 6.45) is 0.637. The molecule has 0 saturated carbocycles. The molecule has 22 heavy (non-hydrogen) atoms. The number of aliphatic carboxylic acids is 1. The van der Waals surface area contributed by atoms with Crippen LogP contribution in [0.4, 0.5) is 4.39 Å². The standard InChI is InChI=1S/C15H13FN2O4/c16-10-4-2-1-3-9(10)13-17-12(15(21)22)11-6-5-8(14(19)20)7-18(11)13/h1-4,8H,5-7H2,(H,19,20)(H,21,22). The Balaban J connectivity index is 2.17. The largest absolute Gasteiger partial charge is 0.481 e. The van der Waals surface area contributed by atoms with E-state index in [0.717, 1.165) is 0 Å². The van der Waals surface area contributed by atoms with Crippen molar-refractivity contribution < 1.29 is 24.2 Å². The predicted octanol–water partition coefficient (Wildman–Crippen LogP) is 2.03. The number of carboxylic acid groups (broad SMARTS) is 2. The molecule has 1 aliphatic rings. The number of imidazole rings is 1. The topological polar surface area (TPSA) is 92.4 Å². The number of hydrogen-bond donors (Lipinski definition) is 2. The Bertz CT molecular complexity index is 769. The number of fused-ring (bicyclic) bond motifs is 1. The number of aromatic carboxylic acids is 1. The van der Waals surface area contributed by atoms with Gasteiger partial charge in [0.1, 0.15) is 11.6 Å². The Morgan fingerprint density at radius 3 is 2.64 bits per heavy atom. The quantitative estimate of drug-likeness (QED) is 0.905. The van der Waals surface area contributed by atoms with Crippen molar-refractivity contribution in [3.05, 3.63) is 41.5 Å². The number of nitrogens with zero attached hydrogens (tertiary/aromatic N) is 2. The van der Waals surface area contributed by atoms with Gasteiger partial charge in [0.15, 0.2) is 5.69 Å². The molecule has 7 heteroatoms. The van der Waals surface area contributed by atoms with E-state index >= 15 is 0 Å². The summed E-state index contributed by atoms with van der Waals surface area (Å²) in [4.78, 5) is 26.6. The van der Waals surface area contributed by atoms with Gasteiger partial charge in [0.05, 0.1) is 17.2 Å². The second kappa shape index (κ2) is 5.25. The number of benzene rings is 1. The number of halogens is 1. The summed E-state index contributed by atoms with van der Waals surface area (Å²) < 4.78 is 15.5. The van der Waals surface area contributed by atoms with E-state index in [-0.39, 0.29) is 23.6 Å². The van der Waals surface area contributed by atoms with E-state index in [1.807, 2.05) is 0 Å². The fraction of sp³-hybridized carbons (Fsp3) is 0.267. The van der Waals surface area contributed by atoms with Gasteiger partial charge in [0, 0.05) is 6.54 Å². The van der Waals surface area contributed by atoms with Crippen LogP contribution in [-0.4, -0.2) is 31.7 Å². The molecule has 3 rings (SSSR count). The van der Waals surface area contributed by atoms with Crippen LogP contribution in [0.15, 0.2) is 24.3 Å². The van der Waals surface area contributed by atoms with Gasteiger partial charge in [-0.25, -0.2) is 14.2 Å². The maximum absolute atomic E-state index is 14.0. The van der Waals surface area contributed by atoms with Crippen LogP contribution < -0.4 is 0 Å². The monoisotopic (exact) mass is 304 g/mol. The van der Waals surface area contributed by atoms with Crippen molar-refractivity contribution in [2.24, 2.45) is 5.92 Å². The fourth-order valence-electron chi connectivity index (χ4n) is 2.78. The lowest BCUT2D eigenvalue weighted by Crippen LogP contribution is -2.27. The minimum absolute atomic E-state index is 0.0919. The van der Waals surface area contributed by atoms with E-state index in [1.54, 1.807) is 6.07 Å². The van der Waals surface area contributed by atoms with Gasteiger partial charge < -0.3 is 14.8 Å². The lowest BCUT2D eigenvalue weighted by molar-refractivity contribution is -0.142. The Kier molecular flexibility index (Phi) is 3.40. The summed E-state index contributed by atoms with van der Waals surface area (Å²) in [5.74, 6) is -3.13. The molecule has 0 amide bonds. The van der Waals surface area contributed by atoms with Crippen molar-refractivity contribution in [1.29, 1.82) is 0 Å². The molecule has 1 aromatic carbocycles. The van der Waals surface area contributed by atoms with Crippen LogP contribution in [0.1, 0.15) is 22.6 Å². The van der Waals surface area contributed by atoms with Gasteiger partial charge in [-0.15, -0.1) is 0 Å². The summed E-state index contributed by atoms with van der Waals surface area (Å²) in [7, 11) is 0. The first-order valence-corrected chi connectivity index (χ1v) is 6.79. The van der Waals surface area contributed by atoms with E-state index in [1.165, 1.54) is 22.8 Å². The van der Waals surface area contributed by atoms with E-state index in [4.69, 9.17) is 0 Å². The minimum atomic E-state index is -1.19. The summed E-state index contributed by atoms with van der Waals surface area (Å²) >= 11 is 0. The fourth-order valence-corrected chi connectivity index (χ4v) is 2.78. The Hall–Kier alpha value is -2.70. The first-order chi connectivity index (χ1) is 10.5. The molecule has 1 aromatic heterocycles. The zero-order valence-electron chi connectivity index (χ0n) is 11.5. The SMILES string of the molecule is O=C(O)c1nc(-c2ccccc2F)n2c1CCC(C(=O)O)C2. The molecule has 1 aliphatic heterocycles. The average molecular weight is 304 g/mol. The van der Waals surface area contributed by atoms with Crippen LogP contribution in [0.5, 0.6) is 0 Å². The smallest absolute Gasteiger partial charge is 0.356 e. The molecular formula is C15H13FN2O4. The van der Waals surface area contributed by atoms with Crippen molar-refractivity contribution in [2.75, 3.05) is 0 Å². The third-order valence-corrected chi connectivity index (χ3v) is 3.87. The van der Waals surface area contributed by atoms with Gasteiger partial charge in [-0.05, 0) is 25.0 Å². The van der Waals surface area contributed by atoms with Gasteiger partial charge in [-0.1, -0.05) is 12.1 Å². The zero-order valence-corrected chi connectivity index (χ0v) is 11.5. The lowest BCUT2D eigenvalue weighted by atomic mass is 9.97.